The van der Waals surface area contributed by atoms with Gasteiger partial charge in [-0.15, -0.1) is 0 Å². The van der Waals surface area contributed by atoms with Crippen LogP contribution in [0.3, 0.4) is 0 Å². The van der Waals surface area contributed by atoms with E-state index in [1.54, 1.807) is 0 Å². The number of piperidine rings is 1. The molecule has 2 amide bonds. The van der Waals surface area contributed by atoms with Gasteiger partial charge in [-0.3, -0.25) is 14.5 Å². The van der Waals surface area contributed by atoms with Gasteiger partial charge < -0.3 is 15.0 Å². The van der Waals surface area contributed by atoms with Gasteiger partial charge in [0.1, 0.15) is 0 Å². The van der Waals surface area contributed by atoms with Crippen LogP contribution in [0.2, 0.25) is 0 Å². The van der Waals surface area contributed by atoms with Crippen molar-refractivity contribution in [1.82, 2.24) is 9.80 Å². The lowest BCUT2D eigenvalue weighted by Crippen LogP contribution is -2.40. The predicted molar refractivity (Wildman–Crippen MR) is 97.1 cm³/mol. The summed E-state index contributed by atoms with van der Waals surface area (Å²) in [6.45, 7) is 3.09. The number of anilines is 1. The van der Waals surface area contributed by atoms with Crippen molar-refractivity contribution in [3.05, 3.63) is 29.3 Å². The van der Waals surface area contributed by atoms with Gasteiger partial charge in [-0.05, 0) is 44.1 Å². The van der Waals surface area contributed by atoms with Crippen molar-refractivity contribution < 1.29 is 27.5 Å². The van der Waals surface area contributed by atoms with Gasteiger partial charge in [0.15, 0.2) is 0 Å². The van der Waals surface area contributed by atoms with Gasteiger partial charge in [-0.25, -0.2) is 0 Å². The second-order valence-corrected chi connectivity index (χ2v) is 7.09. The number of likely N-dealkylation sites (tertiary alicyclic amines) is 1. The van der Waals surface area contributed by atoms with E-state index in [0.717, 1.165) is 44.5 Å². The summed E-state index contributed by atoms with van der Waals surface area (Å²) in [6, 6.07) is 3.00. The van der Waals surface area contributed by atoms with Gasteiger partial charge in [0, 0.05) is 24.3 Å². The third kappa shape index (κ3) is 5.45. The minimum atomic E-state index is -4.62. The molecule has 2 aliphatic rings. The number of halogens is 3. The molecule has 0 atom stereocenters. The standard InChI is InChI=1S/C19H24F3N3O3/c20-19(21,22)15-10-14(18(27)25-6-8-28-9-7-25)11-16(12-15)23-17(26)13-24-4-2-1-3-5-24/h10-12H,1-9,13H2,(H,23,26). The smallest absolute Gasteiger partial charge is 0.378 e. The van der Waals surface area contributed by atoms with Crippen molar-refractivity contribution >= 4 is 17.5 Å². The fourth-order valence-corrected chi connectivity index (χ4v) is 3.46. The van der Waals surface area contributed by atoms with Crippen LogP contribution in [0.4, 0.5) is 18.9 Å². The Morgan fingerprint density at radius 2 is 1.68 bits per heavy atom. The average molecular weight is 399 g/mol. The minimum Gasteiger partial charge on any atom is -0.378 e. The number of rotatable bonds is 4. The summed E-state index contributed by atoms with van der Waals surface area (Å²) in [7, 11) is 0. The summed E-state index contributed by atoms with van der Waals surface area (Å²) in [5.74, 6) is -0.882. The van der Waals surface area contributed by atoms with Crippen LogP contribution in [0.5, 0.6) is 0 Å². The number of benzene rings is 1. The lowest BCUT2D eigenvalue weighted by Gasteiger charge is -2.27. The number of amides is 2. The lowest BCUT2D eigenvalue weighted by atomic mass is 10.1. The van der Waals surface area contributed by atoms with E-state index >= 15 is 0 Å². The zero-order valence-corrected chi connectivity index (χ0v) is 15.6. The monoisotopic (exact) mass is 399 g/mol. The zero-order valence-electron chi connectivity index (χ0n) is 15.6. The van der Waals surface area contributed by atoms with Gasteiger partial charge in [-0.2, -0.15) is 13.2 Å². The molecule has 28 heavy (non-hydrogen) atoms. The van der Waals surface area contributed by atoms with E-state index < -0.39 is 17.6 Å². The Bertz CT molecular complexity index is 712. The van der Waals surface area contributed by atoms with Crippen molar-refractivity contribution in [2.45, 2.75) is 25.4 Å². The summed E-state index contributed by atoms with van der Waals surface area (Å²) in [5, 5.41) is 2.52. The number of carbonyl (C=O) groups excluding carboxylic acids is 2. The van der Waals surface area contributed by atoms with Crippen LogP contribution in [0, 0.1) is 0 Å². The van der Waals surface area contributed by atoms with Gasteiger partial charge in [0.25, 0.3) is 5.91 Å². The molecule has 0 unspecified atom stereocenters. The van der Waals surface area contributed by atoms with Gasteiger partial charge in [-0.1, -0.05) is 6.42 Å². The Hall–Kier alpha value is -2.13. The molecular weight excluding hydrogens is 375 g/mol. The molecule has 1 aromatic rings. The van der Waals surface area contributed by atoms with Crippen LogP contribution in [-0.4, -0.2) is 67.6 Å². The summed E-state index contributed by atoms with van der Waals surface area (Å²) < 4.78 is 45.1. The third-order valence-corrected chi connectivity index (χ3v) is 4.91. The maximum atomic E-state index is 13.3. The maximum absolute atomic E-state index is 13.3. The molecule has 154 valence electrons. The third-order valence-electron chi connectivity index (χ3n) is 4.91. The van der Waals surface area contributed by atoms with Crippen molar-refractivity contribution in [2.75, 3.05) is 51.3 Å². The first-order chi connectivity index (χ1) is 13.3. The summed E-state index contributed by atoms with van der Waals surface area (Å²) in [5.41, 5.74) is -1.07. The van der Waals surface area contributed by atoms with Gasteiger partial charge >= 0.3 is 6.18 Å². The maximum Gasteiger partial charge on any atom is 0.416 e. The molecular formula is C19H24F3N3O3. The van der Waals surface area contributed by atoms with Crippen molar-refractivity contribution in [3.63, 3.8) is 0 Å². The summed E-state index contributed by atoms with van der Waals surface area (Å²) in [4.78, 5) is 28.3. The number of ether oxygens (including phenoxy) is 1. The number of carbonyl (C=O) groups is 2. The van der Waals surface area contributed by atoms with Gasteiger partial charge in [0.05, 0.1) is 25.3 Å². The Labute approximate surface area is 161 Å². The highest BCUT2D eigenvalue weighted by atomic mass is 19.4. The number of morpholine rings is 1. The average Bonchev–Trinajstić information content (AvgIpc) is 2.68. The number of nitrogens with one attached hydrogen (secondary N) is 1. The van der Waals surface area contributed by atoms with E-state index in [9.17, 15) is 22.8 Å². The molecule has 0 radical (unpaired) electrons. The molecule has 0 saturated carbocycles. The summed E-state index contributed by atoms with van der Waals surface area (Å²) in [6.07, 6.45) is -1.48. The van der Waals surface area contributed by atoms with E-state index in [4.69, 9.17) is 4.74 Å². The molecule has 0 bridgehead atoms. The number of alkyl halides is 3. The largest absolute Gasteiger partial charge is 0.416 e. The Balaban J connectivity index is 1.77. The van der Waals surface area contributed by atoms with Crippen molar-refractivity contribution in [3.8, 4) is 0 Å². The first kappa shape index (κ1) is 20.6. The molecule has 1 N–H and O–H groups in total. The van der Waals surface area contributed by atoms with Crippen LogP contribution in [0.15, 0.2) is 18.2 Å². The second kappa shape index (κ2) is 8.91. The SMILES string of the molecule is O=C(CN1CCCCC1)Nc1cc(C(=O)N2CCOCC2)cc(C(F)(F)F)c1. The fourth-order valence-electron chi connectivity index (χ4n) is 3.46. The Morgan fingerprint density at radius 3 is 2.32 bits per heavy atom. The normalized spacial score (nSPS) is 18.8. The second-order valence-electron chi connectivity index (χ2n) is 7.09. The van der Waals surface area contributed by atoms with Crippen LogP contribution in [0.25, 0.3) is 0 Å². The van der Waals surface area contributed by atoms with E-state index in [1.165, 1.54) is 11.0 Å². The number of nitrogens with zero attached hydrogens (tertiary/aromatic N) is 2. The van der Waals surface area contributed by atoms with E-state index in [2.05, 4.69) is 5.32 Å². The van der Waals surface area contributed by atoms with Gasteiger partial charge in [0.2, 0.25) is 5.91 Å². The lowest BCUT2D eigenvalue weighted by molar-refractivity contribution is -0.137. The number of hydrogen-bond acceptors (Lipinski definition) is 4. The molecule has 2 aliphatic heterocycles. The molecule has 2 saturated heterocycles. The molecule has 0 aromatic heterocycles. The Morgan fingerprint density at radius 1 is 1.00 bits per heavy atom. The fraction of sp³-hybridized carbons (Fsp3) is 0.579. The topological polar surface area (TPSA) is 61.9 Å². The van der Waals surface area contributed by atoms with E-state index in [1.807, 2.05) is 4.90 Å². The molecule has 0 aliphatic carbocycles. The summed E-state index contributed by atoms with van der Waals surface area (Å²) >= 11 is 0. The quantitative estimate of drug-likeness (QED) is 0.846. The molecule has 0 spiro atoms. The van der Waals surface area contributed by atoms with Crippen molar-refractivity contribution in [2.24, 2.45) is 0 Å². The zero-order chi connectivity index (χ0) is 20.1. The van der Waals surface area contributed by atoms with E-state index in [-0.39, 0.29) is 23.7 Å². The minimum absolute atomic E-state index is 0.0200. The molecule has 9 heteroatoms. The molecule has 1 aromatic carbocycles. The Kier molecular flexibility index (Phi) is 6.56. The highest BCUT2D eigenvalue weighted by molar-refractivity contribution is 5.98. The van der Waals surface area contributed by atoms with Crippen LogP contribution >= 0.6 is 0 Å². The highest BCUT2D eigenvalue weighted by Gasteiger charge is 2.32. The predicted octanol–water partition coefficient (Wildman–Crippen LogP) is 2.60. The number of hydrogen-bond donors (Lipinski definition) is 1. The van der Waals surface area contributed by atoms with Crippen LogP contribution in [-0.2, 0) is 15.7 Å². The van der Waals surface area contributed by atoms with Crippen LogP contribution < -0.4 is 5.32 Å². The molecule has 6 nitrogen and oxygen atoms in total. The first-order valence-corrected chi connectivity index (χ1v) is 9.44. The van der Waals surface area contributed by atoms with E-state index in [0.29, 0.717) is 26.3 Å². The molecule has 2 heterocycles. The van der Waals surface area contributed by atoms with Crippen molar-refractivity contribution in [1.29, 1.82) is 0 Å². The molecule has 2 fully saturated rings. The first-order valence-electron chi connectivity index (χ1n) is 9.44. The highest BCUT2D eigenvalue weighted by Crippen LogP contribution is 2.32. The molecule has 3 rings (SSSR count). The van der Waals surface area contributed by atoms with Crippen LogP contribution in [0.1, 0.15) is 35.2 Å².